The summed E-state index contributed by atoms with van der Waals surface area (Å²) in [5.41, 5.74) is 11.1. The number of pyridine rings is 1. The highest BCUT2D eigenvalue weighted by Gasteiger charge is 2.30. The molecule has 1 aliphatic heterocycles. The lowest BCUT2D eigenvalue weighted by molar-refractivity contribution is -0.132. The Morgan fingerprint density at radius 2 is 1.56 bits per heavy atom. The Labute approximate surface area is 346 Å². The molecule has 1 aliphatic rings. The predicted molar refractivity (Wildman–Crippen MR) is 228 cm³/mol. The molecule has 2 aromatic heterocycles. The van der Waals surface area contributed by atoms with Crippen LogP contribution in [0, 0.1) is 6.92 Å². The Hall–Kier alpha value is -4.91. The van der Waals surface area contributed by atoms with Crippen LogP contribution in [0.15, 0.2) is 107 Å². The van der Waals surface area contributed by atoms with Crippen molar-refractivity contribution < 1.29 is 14.4 Å². The fourth-order valence-electron chi connectivity index (χ4n) is 7.23. The van der Waals surface area contributed by atoms with Gasteiger partial charge in [0.05, 0.1) is 11.1 Å². The van der Waals surface area contributed by atoms with Crippen molar-refractivity contribution in [2.75, 3.05) is 6.54 Å². The molecule has 0 saturated heterocycles. The first-order valence-corrected chi connectivity index (χ1v) is 20.7. The van der Waals surface area contributed by atoms with E-state index in [0.29, 0.717) is 64.3 Å². The number of hydrogen-bond donors (Lipinski definition) is 6. The van der Waals surface area contributed by atoms with Crippen LogP contribution in [0.3, 0.4) is 0 Å². The molecule has 3 atom stereocenters. The van der Waals surface area contributed by atoms with Gasteiger partial charge in [0.15, 0.2) is 0 Å². The molecule has 7 rings (SSSR count). The van der Waals surface area contributed by atoms with E-state index in [-0.39, 0.29) is 18.9 Å². The van der Waals surface area contributed by atoms with Crippen molar-refractivity contribution in [3.05, 3.63) is 135 Å². The number of benzene rings is 4. The average molecular weight is 823 g/mol. The van der Waals surface area contributed by atoms with Crippen LogP contribution in [0.4, 0.5) is 0 Å². The van der Waals surface area contributed by atoms with Crippen molar-refractivity contribution in [2.45, 2.75) is 80.2 Å². The number of H-pyrrole nitrogens is 1. The second-order valence-corrected chi connectivity index (χ2v) is 16.3. The van der Waals surface area contributed by atoms with Gasteiger partial charge in [0.2, 0.25) is 17.7 Å². The predicted octanol–water partition coefficient (Wildman–Crippen LogP) is 7.15. The minimum Gasteiger partial charge on any atom is -0.361 e. The van der Waals surface area contributed by atoms with E-state index in [1.54, 1.807) is 18.3 Å². The number of carbonyl (C=O) groups excluding carboxylic acids is 3. The summed E-state index contributed by atoms with van der Waals surface area (Å²) in [5.74, 6) is -1.20. The highest BCUT2D eigenvalue weighted by molar-refractivity contribution is 7.99. The summed E-state index contributed by atoms with van der Waals surface area (Å²) < 4.78 is 0. The van der Waals surface area contributed by atoms with Crippen LogP contribution >= 0.6 is 35.0 Å². The Balaban J connectivity index is 1.28. The summed E-state index contributed by atoms with van der Waals surface area (Å²) in [6, 6.07) is 24.9. The lowest BCUT2D eigenvalue weighted by Gasteiger charge is -2.26. The molecule has 10 nitrogen and oxygen atoms in total. The molecule has 3 heterocycles. The minimum absolute atomic E-state index is 0.0889. The van der Waals surface area contributed by atoms with Gasteiger partial charge in [-0.1, -0.05) is 102 Å². The van der Waals surface area contributed by atoms with E-state index in [1.165, 1.54) is 11.8 Å². The van der Waals surface area contributed by atoms with Crippen molar-refractivity contribution in [1.82, 2.24) is 31.2 Å². The molecule has 57 heavy (non-hydrogen) atoms. The zero-order valence-electron chi connectivity index (χ0n) is 31.5. The average Bonchev–Trinajstić information content (AvgIpc) is 3.61. The number of amides is 3. The van der Waals surface area contributed by atoms with Gasteiger partial charge < -0.3 is 32.0 Å². The molecule has 0 spiro atoms. The van der Waals surface area contributed by atoms with Gasteiger partial charge in [-0.15, -0.1) is 0 Å². The molecule has 0 bridgehead atoms. The van der Waals surface area contributed by atoms with Crippen LogP contribution in [0.2, 0.25) is 10.0 Å². The lowest BCUT2D eigenvalue weighted by atomic mass is 10.00. The highest BCUT2D eigenvalue weighted by Crippen LogP contribution is 2.39. The summed E-state index contributed by atoms with van der Waals surface area (Å²) >= 11 is 14.8. The number of aromatic amines is 1. The zero-order valence-corrected chi connectivity index (χ0v) is 33.9. The molecule has 7 N–H and O–H groups in total. The van der Waals surface area contributed by atoms with Gasteiger partial charge in [0, 0.05) is 52.7 Å². The first-order valence-electron chi connectivity index (χ1n) is 19.1. The molecule has 6 aromatic rings. The van der Waals surface area contributed by atoms with Crippen LogP contribution in [-0.4, -0.2) is 52.4 Å². The van der Waals surface area contributed by atoms with Gasteiger partial charge in [-0.2, -0.15) is 0 Å². The van der Waals surface area contributed by atoms with E-state index in [2.05, 4.69) is 44.5 Å². The van der Waals surface area contributed by atoms with E-state index in [1.807, 2.05) is 67.7 Å². The molecule has 3 amide bonds. The lowest BCUT2D eigenvalue weighted by Crippen LogP contribution is -2.57. The maximum absolute atomic E-state index is 14.5. The normalized spacial score (nSPS) is 18.3. The molecule has 4 aromatic carbocycles. The molecule has 0 radical (unpaired) electrons. The van der Waals surface area contributed by atoms with Crippen molar-refractivity contribution >= 4 is 74.4 Å². The Bertz CT molecular complexity index is 2420. The standard InChI is InChI=1S/C44H45Cl2N7O3S/c1-26-16-32-25-49-38(18-27-13-14-28-8-2-3-9-29(28)17-27)43(56)52-37(12-6-7-15-47)42(55)53-39(20-30-23-48-36-11-5-4-10-34(30)36)41(54)50-24-31-19-33(45)21-35(46)40(31)57-44(32)51-22-26/h2-5,8-11,13-14,16-17,19,21-23,37-39,48-49H,6-7,12,15,18,20,24-25,47H2,1H3,(H,50,54)(H,52,56)(H,53,55)/t37-,38-,39-/m0/s1. The topological polar surface area (TPSA) is 154 Å². The Morgan fingerprint density at radius 1 is 0.789 bits per heavy atom. The molecule has 0 unspecified atom stereocenters. The first-order chi connectivity index (χ1) is 27.6. The largest absolute Gasteiger partial charge is 0.361 e. The Kier molecular flexibility index (Phi) is 13.1. The van der Waals surface area contributed by atoms with Gasteiger partial charge in [0.1, 0.15) is 17.1 Å². The number of aryl methyl sites for hydroxylation is 1. The van der Waals surface area contributed by atoms with Crippen LogP contribution < -0.4 is 27.0 Å². The minimum atomic E-state index is -0.982. The number of nitrogens with zero attached hydrogens (tertiary/aromatic N) is 1. The van der Waals surface area contributed by atoms with Gasteiger partial charge >= 0.3 is 0 Å². The third-order valence-electron chi connectivity index (χ3n) is 10.2. The molecular weight excluding hydrogens is 778 g/mol. The second kappa shape index (κ2) is 18.6. The SMILES string of the molecule is Cc1cnc2c(c1)CN[C@@H](Cc1ccc3ccccc3c1)C(=O)N[C@@H](CCCCN)C(=O)N[C@@H](Cc1c[nH]c3ccccc13)C(=O)NCc1cc(Cl)cc(Cl)c1S2. The number of fused-ring (bicyclic) bond motifs is 4. The second-order valence-electron chi connectivity index (χ2n) is 14.5. The van der Waals surface area contributed by atoms with Crippen molar-refractivity contribution in [1.29, 1.82) is 0 Å². The maximum Gasteiger partial charge on any atom is 0.243 e. The van der Waals surface area contributed by atoms with E-state index in [4.69, 9.17) is 33.9 Å². The third-order valence-corrected chi connectivity index (χ3v) is 12.1. The van der Waals surface area contributed by atoms with Crippen LogP contribution in [-0.2, 0) is 40.3 Å². The molecular formula is C44H45Cl2N7O3S. The summed E-state index contributed by atoms with van der Waals surface area (Å²) in [7, 11) is 0. The van der Waals surface area contributed by atoms with Gasteiger partial charge in [-0.3, -0.25) is 14.4 Å². The van der Waals surface area contributed by atoms with Gasteiger partial charge in [0.25, 0.3) is 0 Å². The molecule has 0 aliphatic carbocycles. The summed E-state index contributed by atoms with van der Waals surface area (Å²) in [6.45, 7) is 2.80. The zero-order chi connectivity index (χ0) is 39.9. The number of unbranched alkanes of at least 4 members (excludes halogenated alkanes) is 1. The number of carbonyl (C=O) groups is 3. The highest BCUT2D eigenvalue weighted by atomic mass is 35.5. The number of halogens is 2. The fourth-order valence-corrected chi connectivity index (χ4v) is 8.86. The molecule has 0 fully saturated rings. The smallest absolute Gasteiger partial charge is 0.243 e. The third kappa shape index (κ3) is 9.98. The van der Waals surface area contributed by atoms with Crippen molar-refractivity contribution in [3.8, 4) is 0 Å². The number of para-hydroxylation sites is 1. The number of nitrogens with two attached hydrogens (primary N) is 1. The van der Waals surface area contributed by atoms with Crippen molar-refractivity contribution in [3.63, 3.8) is 0 Å². The monoisotopic (exact) mass is 821 g/mol. The van der Waals surface area contributed by atoms with E-state index < -0.39 is 29.9 Å². The van der Waals surface area contributed by atoms with E-state index in [0.717, 1.165) is 43.9 Å². The molecule has 294 valence electrons. The number of aromatic nitrogens is 2. The maximum atomic E-state index is 14.5. The summed E-state index contributed by atoms with van der Waals surface area (Å²) in [5, 5.41) is 17.3. The van der Waals surface area contributed by atoms with Crippen LogP contribution in [0.5, 0.6) is 0 Å². The quantitative estimate of drug-likeness (QED) is 0.0892. The molecule has 13 heteroatoms. The number of hydrogen-bond acceptors (Lipinski definition) is 7. The number of rotatable bonds is 8. The van der Waals surface area contributed by atoms with Gasteiger partial charge in [-0.25, -0.2) is 4.98 Å². The Morgan fingerprint density at radius 3 is 2.40 bits per heavy atom. The van der Waals surface area contributed by atoms with Crippen LogP contribution in [0.25, 0.3) is 21.7 Å². The molecule has 0 saturated carbocycles. The van der Waals surface area contributed by atoms with Crippen molar-refractivity contribution in [2.24, 2.45) is 5.73 Å². The van der Waals surface area contributed by atoms with E-state index in [9.17, 15) is 14.4 Å². The van der Waals surface area contributed by atoms with E-state index >= 15 is 0 Å². The van der Waals surface area contributed by atoms with Crippen LogP contribution in [0.1, 0.15) is 47.1 Å². The van der Waals surface area contributed by atoms with Gasteiger partial charge in [-0.05, 0) is 95.9 Å². The summed E-state index contributed by atoms with van der Waals surface area (Å²) in [4.78, 5) is 51.8. The number of nitrogens with one attached hydrogen (secondary N) is 5. The fraction of sp³-hybridized carbons (Fsp3) is 0.273. The summed E-state index contributed by atoms with van der Waals surface area (Å²) in [6.07, 6.45) is 5.81. The first kappa shape index (κ1) is 40.3.